The molecular formula is C54H76N6O6RuS2. The van der Waals surface area contributed by atoms with Gasteiger partial charge in [0, 0.05) is 36.9 Å². The van der Waals surface area contributed by atoms with E-state index in [0.717, 1.165) is 48.9 Å². The summed E-state index contributed by atoms with van der Waals surface area (Å²) in [5.74, 6) is -0.413. The van der Waals surface area contributed by atoms with Crippen LogP contribution in [0.5, 0.6) is 11.5 Å². The summed E-state index contributed by atoms with van der Waals surface area (Å²) < 4.78 is 12.1. The molecule has 0 radical (unpaired) electrons. The van der Waals surface area contributed by atoms with Gasteiger partial charge in [0.25, 0.3) is 0 Å². The Labute approximate surface area is 436 Å². The van der Waals surface area contributed by atoms with Crippen LogP contribution in [0, 0.1) is 0 Å². The molecule has 4 heterocycles. The molecule has 0 atom stereocenters. The number of hydrogen-bond donors (Lipinski definition) is 2. The number of unbranched alkanes of at least 4 members (excludes halogenated alkanes) is 24. The molecule has 0 spiro atoms. The SMILES string of the molecule is CCCCCCCCCCCCCCCOc1ccnc(-c2cc(OCCCCCCCCCCCCCCC)ccn2)c1.O=C(O)c1ccnc(-c2cc(C(=O)O)ccn2)c1.[N-]=C=S.[N-]=C=S.[Ru+2]. The molecule has 0 aromatic carbocycles. The molecule has 69 heavy (non-hydrogen) atoms. The number of rotatable bonds is 34. The monoisotopic (exact) mass is 1070 g/mol. The van der Waals surface area contributed by atoms with Gasteiger partial charge < -0.3 is 30.5 Å². The molecule has 15 heteroatoms. The largest absolute Gasteiger partial charge is 2.00 e. The predicted octanol–water partition coefficient (Wildman–Crippen LogP) is 15.9. The zero-order chi connectivity index (χ0) is 49.7. The smallest absolute Gasteiger partial charge is 0.753 e. The first-order valence-corrected chi connectivity index (χ1v) is 25.7. The van der Waals surface area contributed by atoms with E-state index in [9.17, 15) is 9.59 Å². The molecule has 0 bridgehead atoms. The topological polar surface area (TPSA) is 189 Å². The Morgan fingerprint density at radius 3 is 0.942 bits per heavy atom. The van der Waals surface area contributed by atoms with Crippen molar-refractivity contribution in [3.05, 3.63) is 95.3 Å². The van der Waals surface area contributed by atoms with E-state index in [4.69, 9.17) is 30.5 Å². The van der Waals surface area contributed by atoms with Crippen LogP contribution >= 0.6 is 24.4 Å². The van der Waals surface area contributed by atoms with Crippen molar-refractivity contribution in [2.75, 3.05) is 13.2 Å². The van der Waals surface area contributed by atoms with Gasteiger partial charge in [-0.15, -0.1) is 0 Å². The molecule has 0 aliphatic heterocycles. The van der Waals surface area contributed by atoms with E-state index in [1.807, 2.05) is 36.7 Å². The number of hydrogen-bond acceptors (Lipinski definition) is 10. The Balaban J connectivity index is 0.00000152. The minimum Gasteiger partial charge on any atom is -0.753 e. The normalized spacial score (nSPS) is 10.0. The molecular weight excluding hydrogens is 994 g/mol. The number of nitrogens with zero attached hydrogens (tertiary/aromatic N) is 6. The molecule has 4 aromatic rings. The summed E-state index contributed by atoms with van der Waals surface area (Å²) in [6.45, 7) is 6.10. The first-order valence-electron chi connectivity index (χ1n) is 24.8. The van der Waals surface area contributed by atoms with Crippen LogP contribution in [0.1, 0.15) is 202 Å². The number of aromatic carboxylic acids is 2. The zero-order valence-corrected chi connectivity index (χ0v) is 44.5. The van der Waals surface area contributed by atoms with Gasteiger partial charge in [0.15, 0.2) is 0 Å². The number of carboxylic acid groups (broad SMARTS) is 2. The van der Waals surface area contributed by atoms with Gasteiger partial charge in [-0.1, -0.05) is 192 Å². The van der Waals surface area contributed by atoms with Crippen molar-refractivity contribution < 1.29 is 48.8 Å². The first kappa shape index (κ1) is 64.4. The second kappa shape index (κ2) is 45.8. The van der Waals surface area contributed by atoms with Crippen molar-refractivity contribution in [3.63, 3.8) is 0 Å². The molecule has 0 unspecified atom stereocenters. The van der Waals surface area contributed by atoms with Crippen LogP contribution in [0.15, 0.2) is 73.3 Å². The first-order chi connectivity index (χ1) is 33.2. The average Bonchev–Trinajstić information content (AvgIpc) is 3.35. The fourth-order valence-corrected chi connectivity index (χ4v) is 7.31. The Kier molecular flexibility index (Phi) is 42.7. The molecule has 0 aliphatic carbocycles. The van der Waals surface area contributed by atoms with E-state index < -0.39 is 11.9 Å². The van der Waals surface area contributed by atoms with Gasteiger partial charge in [-0.3, -0.25) is 19.9 Å². The molecule has 4 rings (SSSR count). The van der Waals surface area contributed by atoms with Crippen LogP contribution in [-0.4, -0.2) is 65.6 Å². The number of ether oxygens (including phenoxy) is 2. The van der Waals surface area contributed by atoms with Gasteiger partial charge in [-0.05, 0) is 49.2 Å². The third-order valence-electron chi connectivity index (χ3n) is 11.0. The van der Waals surface area contributed by atoms with Crippen LogP contribution in [0.3, 0.4) is 0 Å². The Hall–Kier alpha value is -4.64. The summed E-state index contributed by atoms with van der Waals surface area (Å²) in [5.41, 5.74) is 2.44. The predicted molar refractivity (Wildman–Crippen MR) is 283 cm³/mol. The minimum absolute atomic E-state index is 0. The molecule has 12 nitrogen and oxygen atoms in total. The van der Waals surface area contributed by atoms with Gasteiger partial charge in [-0.2, -0.15) is 10.3 Å². The number of thiocarbonyl (C=S) groups is 2. The molecule has 0 saturated carbocycles. The summed E-state index contributed by atoms with van der Waals surface area (Å²) in [6.07, 6.45) is 41.8. The maximum absolute atomic E-state index is 10.8. The van der Waals surface area contributed by atoms with E-state index >= 15 is 0 Å². The van der Waals surface area contributed by atoms with Crippen molar-refractivity contribution in [1.29, 1.82) is 0 Å². The van der Waals surface area contributed by atoms with Crippen molar-refractivity contribution in [2.45, 2.75) is 181 Å². The molecule has 4 aromatic heterocycles. The number of carboxylic acids is 2. The Morgan fingerprint density at radius 1 is 0.449 bits per heavy atom. The molecule has 0 fully saturated rings. The Bertz CT molecular complexity index is 1860. The number of aromatic nitrogens is 4. The average molecular weight is 1070 g/mol. The maximum Gasteiger partial charge on any atom is 2.00 e. The van der Waals surface area contributed by atoms with E-state index in [2.05, 4.69) is 58.2 Å². The molecule has 0 amide bonds. The maximum atomic E-state index is 10.8. The fraction of sp³-hybridized carbons (Fsp3) is 0.556. The van der Waals surface area contributed by atoms with E-state index in [1.54, 1.807) is 0 Å². The fourth-order valence-electron chi connectivity index (χ4n) is 7.31. The van der Waals surface area contributed by atoms with E-state index in [0.29, 0.717) is 11.4 Å². The summed E-state index contributed by atoms with van der Waals surface area (Å²) in [7, 11) is 0. The van der Waals surface area contributed by atoms with Crippen molar-refractivity contribution in [1.82, 2.24) is 19.9 Å². The van der Waals surface area contributed by atoms with Gasteiger partial charge in [0.05, 0.1) is 47.1 Å². The van der Waals surface area contributed by atoms with Crippen molar-refractivity contribution in [2.24, 2.45) is 0 Å². The number of isothiocyanates is 2. The van der Waals surface area contributed by atoms with Gasteiger partial charge in [0.2, 0.25) is 0 Å². The summed E-state index contributed by atoms with van der Waals surface area (Å²) in [4.78, 5) is 38.7. The quantitative estimate of drug-likeness (QED) is 0.0195. The minimum atomic E-state index is -1.08. The van der Waals surface area contributed by atoms with Gasteiger partial charge >= 0.3 is 31.4 Å². The standard InChI is InChI=1S/C40H68N2O2.C12H8N2O4.2CNS.Ru/c1-3-5-7-9-11-13-15-17-19-21-23-25-27-33-43-37-29-31-41-39(35-37)40-36-38(30-32-42-40)44-34-28-26-24-22-20-18-16-14-12-10-8-6-4-2;15-11(16)7-1-3-13-9(5-7)10-6-8(12(17)18)2-4-14-10;2*2-1-3;/h29-32,35-36H,3-28,33-34H2,1-2H3;1-6H,(H,15,16)(H,17,18);;;/q;;2*-1;+2. The van der Waals surface area contributed by atoms with Crippen LogP contribution < -0.4 is 9.47 Å². The third-order valence-corrected chi connectivity index (χ3v) is 11.0. The third kappa shape index (κ3) is 34.3. The number of pyridine rings is 4. The molecule has 378 valence electrons. The second-order valence-corrected chi connectivity index (χ2v) is 17.0. The Morgan fingerprint density at radius 2 is 0.681 bits per heavy atom. The summed E-state index contributed by atoms with van der Waals surface area (Å²) in [6, 6.07) is 13.3. The van der Waals surface area contributed by atoms with E-state index in [-0.39, 0.29) is 30.6 Å². The van der Waals surface area contributed by atoms with Crippen LogP contribution in [0.2, 0.25) is 0 Å². The molecule has 0 saturated heterocycles. The van der Waals surface area contributed by atoms with Crippen LogP contribution in [-0.2, 0) is 19.5 Å². The van der Waals surface area contributed by atoms with Crippen molar-refractivity contribution in [3.8, 4) is 34.3 Å². The van der Waals surface area contributed by atoms with Gasteiger partial charge in [0.1, 0.15) is 11.5 Å². The van der Waals surface area contributed by atoms with E-state index in [1.165, 1.54) is 201 Å². The van der Waals surface area contributed by atoms with Crippen LogP contribution in [0.4, 0.5) is 0 Å². The van der Waals surface area contributed by atoms with Gasteiger partial charge in [-0.25, -0.2) is 9.59 Å². The van der Waals surface area contributed by atoms with Crippen LogP contribution in [0.25, 0.3) is 33.6 Å². The summed E-state index contributed by atoms with van der Waals surface area (Å²) in [5, 5.41) is 34.6. The molecule has 0 aliphatic rings. The second-order valence-electron chi connectivity index (χ2n) is 16.6. The van der Waals surface area contributed by atoms with Crippen molar-refractivity contribution >= 4 is 46.7 Å². The summed E-state index contributed by atoms with van der Waals surface area (Å²) >= 11 is 7.40. The zero-order valence-electron chi connectivity index (χ0n) is 41.1. The number of carbonyl (C=O) groups is 2. The molecule has 2 N–H and O–H groups in total.